The molecular weight excluding hydrogens is 382 g/mol. The van der Waals surface area contributed by atoms with Gasteiger partial charge in [-0.25, -0.2) is 9.97 Å². The van der Waals surface area contributed by atoms with Gasteiger partial charge in [-0.1, -0.05) is 0 Å². The van der Waals surface area contributed by atoms with Crippen molar-refractivity contribution in [3.8, 4) is 5.88 Å². The number of nitrogens with zero attached hydrogens (tertiary/aromatic N) is 3. The summed E-state index contributed by atoms with van der Waals surface area (Å²) in [5, 5.41) is 8.87. The summed E-state index contributed by atoms with van der Waals surface area (Å²) in [4.78, 5) is 11.2. The maximum atomic E-state index is 8.87. The Morgan fingerprint density at radius 1 is 1.20 bits per heavy atom. The lowest BCUT2D eigenvalue weighted by molar-refractivity contribution is 0.0237. The van der Waals surface area contributed by atoms with Crippen molar-refractivity contribution < 1.29 is 14.2 Å². The highest BCUT2D eigenvalue weighted by Gasteiger charge is 2.26. The van der Waals surface area contributed by atoms with Crippen LogP contribution in [0.1, 0.15) is 37.8 Å². The van der Waals surface area contributed by atoms with Gasteiger partial charge < -0.3 is 24.8 Å². The number of nitrogen functional groups attached to an aromatic ring is 1. The van der Waals surface area contributed by atoms with E-state index in [1.54, 1.807) is 18.5 Å². The van der Waals surface area contributed by atoms with Crippen molar-refractivity contribution in [2.75, 3.05) is 37.0 Å². The zero-order valence-corrected chi connectivity index (χ0v) is 17.5. The fourth-order valence-corrected chi connectivity index (χ4v) is 3.85. The predicted octanol–water partition coefficient (Wildman–Crippen LogP) is 2.65. The van der Waals surface area contributed by atoms with E-state index < -0.39 is 0 Å². The summed E-state index contributed by atoms with van der Waals surface area (Å²) in [6.07, 6.45) is 5.11. The zero-order valence-electron chi connectivity index (χ0n) is 17.5. The summed E-state index contributed by atoms with van der Waals surface area (Å²) in [6.45, 7) is 6.93. The Morgan fingerprint density at radius 2 is 1.97 bits per heavy atom. The third-order valence-electron chi connectivity index (χ3n) is 5.58. The van der Waals surface area contributed by atoms with E-state index in [-0.39, 0.29) is 24.0 Å². The third kappa shape index (κ3) is 4.39. The second-order valence-electron chi connectivity index (χ2n) is 7.93. The van der Waals surface area contributed by atoms with Gasteiger partial charge in [-0.05, 0) is 32.0 Å². The summed E-state index contributed by atoms with van der Waals surface area (Å²) < 4.78 is 17.3. The van der Waals surface area contributed by atoms with Crippen LogP contribution in [-0.4, -0.2) is 60.3 Å². The second kappa shape index (κ2) is 8.97. The molecular formula is C22H29N5O3. The van der Waals surface area contributed by atoms with E-state index in [0.29, 0.717) is 37.0 Å². The minimum atomic E-state index is 0.0169. The number of nitrogens with two attached hydrogens (primary N) is 1. The molecule has 2 atom stereocenters. The number of hydrogen-bond donors (Lipinski definition) is 2. The first kappa shape index (κ1) is 20.6. The molecule has 0 amide bonds. The van der Waals surface area contributed by atoms with Crippen LogP contribution < -0.4 is 15.4 Å². The molecule has 4 rings (SSSR count). The van der Waals surface area contributed by atoms with Gasteiger partial charge in [0.15, 0.2) is 0 Å². The van der Waals surface area contributed by atoms with Crippen LogP contribution in [-0.2, 0) is 9.47 Å². The highest BCUT2D eigenvalue weighted by Crippen LogP contribution is 2.29. The number of anilines is 2. The first-order valence-electron chi connectivity index (χ1n) is 10.5. The molecule has 30 heavy (non-hydrogen) atoms. The molecule has 0 spiro atoms. The van der Waals surface area contributed by atoms with Crippen molar-refractivity contribution >= 4 is 17.2 Å². The van der Waals surface area contributed by atoms with Crippen LogP contribution in [0.25, 0.3) is 0 Å². The standard InChI is InChI=1S/C22H29N5O3/c1-14-13-29-15(2)12-27(14)19-11-16(3-7-25-19)21(24)20-18(23)4-8-26-22(20)30-17-5-9-28-10-6-17/h3-4,7-8,11,14-15,17,24H,5-6,9-10,12-13H2,1-2H3,(H2,23,26). The Kier molecular flexibility index (Phi) is 6.15. The Balaban J connectivity index is 1.62. The molecule has 2 fully saturated rings. The van der Waals surface area contributed by atoms with Gasteiger partial charge in [0, 0.05) is 43.0 Å². The van der Waals surface area contributed by atoms with E-state index in [1.807, 2.05) is 12.1 Å². The summed E-state index contributed by atoms with van der Waals surface area (Å²) in [5.74, 6) is 1.23. The van der Waals surface area contributed by atoms with Crippen LogP contribution in [0.15, 0.2) is 30.6 Å². The number of morpholine rings is 1. The Hall–Kier alpha value is -2.71. The minimum Gasteiger partial charge on any atom is -0.474 e. The fourth-order valence-electron chi connectivity index (χ4n) is 3.85. The molecule has 0 aromatic carbocycles. The fraction of sp³-hybridized carbons (Fsp3) is 0.500. The number of hydrogen-bond acceptors (Lipinski definition) is 8. The SMILES string of the molecule is CC1CN(c2cc(C(=N)c3c(N)ccnc3OC3CCOCC3)ccn2)C(C)CO1. The van der Waals surface area contributed by atoms with Gasteiger partial charge in [-0.15, -0.1) is 0 Å². The highest BCUT2D eigenvalue weighted by molar-refractivity contribution is 6.15. The predicted molar refractivity (Wildman–Crippen MR) is 116 cm³/mol. The van der Waals surface area contributed by atoms with Gasteiger partial charge in [-0.3, -0.25) is 5.41 Å². The number of ether oxygens (including phenoxy) is 3. The zero-order chi connectivity index (χ0) is 21.1. The second-order valence-corrected chi connectivity index (χ2v) is 7.93. The number of pyridine rings is 2. The van der Waals surface area contributed by atoms with Crippen LogP contribution in [0.4, 0.5) is 11.5 Å². The number of nitrogens with one attached hydrogen (secondary N) is 1. The largest absolute Gasteiger partial charge is 0.474 e. The van der Waals surface area contributed by atoms with Crippen molar-refractivity contribution in [3.63, 3.8) is 0 Å². The lowest BCUT2D eigenvalue weighted by Crippen LogP contribution is -2.47. The minimum absolute atomic E-state index is 0.0169. The average Bonchev–Trinajstić information content (AvgIpc) is 2.76. The molecule has 0 saturated carbocycles. The molecule has 2 aliphatic rings. The molecule has 2 aromatic heterocycles. The molecule has 8 heteroatoms. The lowest BCUT2D eigenvalue weighted by atomic mass is 10.0. The van der Waals surface area contributed by atoms with Crippen LogP contribution in [0, 0.1) is 5.41 Å². The van der Waals surface area contributed by atoms with Crippen LogP contribution in [0.2, 0.25) is 0 Å². The van der Waals surface area contributed by atoms with Gasteiger partial charge in [0.1, 0.15) is 11.9 Å². The van der Waals surface area contributed by atoms with Crippen molar-refractivity contribution in [2.24, 2.45) is 0 Å². The van der Waals surface area contributed by atoms with E-state index in [0.717, 1.165) is 30.8 Å². The van der Waals surface area contributed by atoms with Gasteiger partial charge in [0.25, 0.3) is 0 Å². The molecule has 2 unspecified atom stereocenters. The maximum absolute atomic E-state index is 8.87. The van der Waals surface area contributed by atoms with Gasteiger partial charge in [0.05, 0.1) is 43.2 Å². The highest BCUT2D eigenvalue weighted by atomic mass is 16.5. The van der Waals surface area contributed by atoms with Gasteiger partial charge in [-0.2, -0.15) is 0 Å². The van der Waals surface area contributed by atoms with E-state index in [9.17, 15) is 0 Å². The van der Waals surface area contributed by atoms with Crippen molar-refractivity contribution in [3.05, 3.63) is 41.7 Å². The third-order valence-corrected chi connectivity index (χ3v) is 5.58. The first-order valence-corrected chi connectivity index (χ1v) is 10.5. The average molecular weight is 412 g/mol. The van der Waals surface area contributed by atoms with E-state index >= 15 is 0 Å². The number of aromatic nitrogens is 2. The number of rotatable bonds is 5. The van der Waals surface area contributed by atoms with E-state index in [2.05, 4.69) is 28.7 Å². The molecule has 4 heterocycles. The van der Waals surface area contributed by atoms with Crippen LogP contribution in [0.3, 0.4) is 0 Å². The summed E-state index contributed by atoms with van der Waals surface area (Å²) >= 11 is 0. The summed E-state index contributed by atoms with van der Waals surface area (Å²) in [7, 11) is 0. The summed E-state index contributed by atoms with van der Waals surface area (Å²) in [5.41, 5.74) is 8.25. The van der Waals surface area contributed by atoms with E-state index in [4.69, 9.17) is 25.4 Å². The van der Waals surface area contributed by atoms with Gasteiger partial charge in [0.2, 0.25) is 5.88 Å². The maximum Gasteiger partial charge on any atom is 0.225 e. The quantitative estimate of drug-likeness (QED) is 0.729. The lowest BCUT2D eigenvalue weighted by Gasteiger charge is -2.37. The Labute approximate surface area is 176 Å². The monoisotopic (exact) mass is 411 g/mol. The Bertz CT molecular complexity index is 900. The van der Waals surface area contributed by atoms with Crippen LogP contribution in [0.5, 0.6) is 5.88 Å². The molecule has 2 saturated heterocycles. The Morgan fingerprint density at radius 3 is 2.77 bits per heavy atom. The normalized spacial score (nSPS) is 22.7. The molecule has 3 N–H and O–H groups in total. The van der Waals surface area contributed by atoms with Gasteiger partial charge >= 0.3 is 0 Å². The molecule has 0 bridgehead atoms. The van der Waals surface area contributed by atoms with Crippen molar-refractivity contribution in [1.82, 2.24) is 9.97 Å². The summed E-state index contributed by atoms with van der Waals surface area (Å²) in [6, 6.07) is 5.68. The first-order chi connectivity index (χ1) is 14.5. The molecule has 8 nitrogen and oxygen atoms in total. The molecule has 0 aliphatic carbocycles. The van der Waals surface area contributed by atoms with E-state index in [1.165, 1.54) is 0 Å². The van der Waals surface area contributed by atoms with Crippen LogP contribution >= 0.6 is 0 Å². The molecule has 160 valence electrons. The topological polar surface area (TPSA) is 107 Å². The van der Waals surface area contributed by atoms with Crippen molar-refractivity contribution in [2.45, 2.75) is 44.9 Å². The molecule has 0 radical (unpaired) electrons. The molecule has 2 aromatic rings. The van der Waals surface area contributed by atoms with Crippen molar-refractivity contribution in [1.29, 1.82) is 5.41 Å². The molecule has 2 aliphatic heterocycles. The smallest absolute Gasteiger partial charge is 0.225 e.